The number of pyridine rings is 1. The van der Waals surface area contributed by atoms with Gasteiger partial charge in [-0.1, -0.05) is 16.5 Å². The number of rotatable bonds is 2. The van der Waals surface area contributed by atoms with E-state index in [0.717, 1.165) is 48.0 Å². The van der Waals surface area contributed by atoms with Crippen molar-refractivity contribution in [2.75, 3.05) is 24.6 Å². The van der Waals surface area contributed by atoms with Crippen LogP contribution in [0.15, 0.2) is 23.5 Å². The molecule has 2 aromatic rings. The van der Waals surface area contributed by atoms with Crippen LogP contribution in [0, 0.1) is 5.92 Å². The lowest BCUT2D eigenvalue weighted by Crippen LogP contribution is -2.22. The summed E-state index contributed by atoms with van der Waals surface area (Å²) in [5, 5.41) is 5.23. The first-order chi connectivity index (χ1) is 9.40. The average molecular weight is 274 g/mol. The second-order valence-corrected chi connectivity index (χ2v) is 5.93. The molecule has 0 bridgehead atoms. The molecule has 0 saturated carbocycles. The summed E-state index contributed by atoms with van der Waals surface area (Å²) in [6.45, 7) is 2.79. The molecule has 0 aliphatic carbocycles. The molecule has 19 heavy (non-hydrogen) atoms. The zero-order chi connectivity index (χ0) is 12.7. The van der Waals surface area contributed by atoms with Gasteiger partial charge in [-0.25, -0.2) is 4.98 Å². The van der Waals surface area contributed by atoms with Gasteiger partial charge in [0.2, 0.25) is 0 Å². The van der Waals surface area contributed by atoms with Crippen LogP contribution in [0.5, 0.6) is 0 Å². The maximum Gasteiger partial charge on any atom is 0.188 e. The van der Waals surface area contributed by atoms with Crippen LogP contribution < -0.4 is 4.90 Å². The Balaban J connectivity index is 1.56. The molecule has 5 nitrogen and oxygen atoms in total. The summed E-state index contributed by atoms with van der Waals surface area (Å²) in [4.78, 5) is 16.4. The number of oxime groups is 1. The Morgan fingerprint density at radius 3 is 3.26 bits per heavy atom. The molecule has 0 radical (unpaired) electrons. The second-order valence-electron chi connectivity index (χ2n) is 4.92. The van der Waals surface area contributed by atoms with Gasteiger partial charge < -0.3 is 9.74 Å². The van der Waals surface area contributed by atoms with Gasteiger partial charge in [-0.15, -0.1) is 0 Å². The Morgan fingerprint density at radius 1 is 1.42 bits per heavy atom. The molecule has 2 aliphatic heterocycles. The molecular formula is C13H14N4OS. The molecule has 0 aromatic carbocycles. The molecule has 2 aliphatic rings. The predicted octanol–water partition coefficient (Wildman–Crippen LogP) is 2.29. The van der Waals surface area contributed by atoms with E-state index in [4.69, 9.17) is 4.84 Å². The zero-order valence-electron chi connectivity index (χ0n) is 10.5. The molecule has 1 atom stereocenters. The first kappa shape index (κ1) is 11.2. The van der Waals surface area contributed by atoms with E-state index in [0.29, 0.717) is 5.92 Å². The summed E-state index contributed by atoms with van der Waals surface area (Å²) in [6.07, 6.45) is 3.93. The van der Waals surface area contributed by atoms with Crippen LogP contribution in [0.1, 0.15) is 12.8 Å². The van der Waals surface area contributed by atoms with Gasteiger partial charge in [0.25, 0.3) is 0 Å². The molecule has 2 aromatic heterocycles. The fraction of sp³-hybridized carbons (Fsp3) is 0.462. The smallest absolute Gasteiger partial charge is 0.188 e. The Hall–Kier alpha value is -1.69. The molecule has 1 unspecified atom stereocenters. The van der Waals surface area contributed by atoms with Crippen molar-refractivity contribution in [1.29, 1.82) is 0 Å². The van der Waals surface area contributed by atoms with Crippen molar-refractivity contribution < 1.29 is 4.84 Å². The summed E-state index contributed by atoms with van der Waals surface area (Å²) in [6, 6.07) is 4.04. The topological polar surface area (TPSA) is 50.6 Å². The minimum atomic E-state index is 0.530. The van der Waals surface area contributed by atoms with Crippen molar-refractivity contribution in [3.05, 3.63) is 18.3 Å². The Morgan fingerprint density at radius 2 is 2.42 bits per heavy atom. The van der Waals surface area contributed by atoms with Crippen molar-refractivity contribution in [2.24, 2.45) is 11.1 Å². The lowest BCUT2D eigenvalue weighted by atomic mass is 10.0. The van der Waals surface area contributed by atoms with Crippen molar-refractivity contribution in [3.8, 4) is 0 Å². The number of nitrogens with zero attached hydrogens (tertiary/aromatic N) is 4. The van der Waals surface area contributed by atoms with E-state index >= 15 is 0 Å². The summed E-state index contributed by atoms with van der Waals surface area (Å²) in [7, 11) is 0. The third kappa shape index (κ3) is 1.96. The number of fused-ring (bicyclic) bond motifs is 1. The number of hydrogen-bond donors (Lipinski definition) is 0. The highest BCUT2D eigenvalue weighted by Crippen LogP contribution is 2.32. The third-order valence-electron chi connectivity index (χ3n) is 3.71. The molecule has 4 heterocycles. The first-order valence-electron chi connectivity index (χ1n) is 6.55. The van der Waals surface area contributed by atoms with Crippen LogP contribution in [0.2, 0.25) is 0 Å². The largest absolute Gasteiger partial charge is 0.395 e. The fourth-order valence-electron chi connectivity index (χ4n) is 2.70. The molecule has 0 amide bonds. The van der Waals surface area contributed by atoms with Gasteiger partial charge in [-0.3, -0.25) is 0 Å². The summed E-state index contributed by atoms with van der Waals surface area (Å²) in [5.41, 5.74) is 2.08. The summed E-state index contributed by atoms with van der Waals surface area (Å²) >= 11 is 1.72. The van der Waals surface area contributed by atoms with Gasteiger partial charge in [-0.2, -0.15) is 4.98 Å². The van der Waals surface area contributed by atoms with Crippen LogP contribution >= 0.6 is 11.3 Å². The van der Waals surface area contributed by atoms with Crippen molar-refractivity contribution >= 4 is 32.5 Å². The first-order valence-corrected chi connectivity index (χ1v) is 7.37. The standard InChI is InChI=1S/C13H14N4OS/c1-2-11-12(14-5-1)15-13(19-11)17-6-3-9(8-17)10-4-7-18-16-10/h1-2,5,9H,3-4,6-8H2. The monoisotopic (exact) mass is 274 g/mol. The molecule has 1 saturated heterocycles. The van der Waals surface area contributed by atoms with Gasteiger partial charge in [0.05, 0.1) is 10.4 Å². The van der Waals surface area contributed by atoms with Gasteiger partial charge in [0, 0.05) is 31.6 Å². The zero-order valence-corrected chi connectivity index (χ0v) is 11.3. The summed E-state index contributed by atoms with van der Waals surface area (Å²) in [5.74, 6) is 0.530. The van der Waals surface area contributed by atoms with E-state index in [1.165, 1.54) is 5.71 Å². The fourth-order valence-corrected chi connectivity index (χ4v) is 3.66. The van der Waals surface area contributed by atoms with Crippen LogP contribution in [0.4, 0.5) is 5.13 Å². The predicted molar refractivity (Wildman–Crippen MR) is 75.7 cm³/mol. The highest BCUT2D eigenvalue weighted by Gasteiger charge is 2.30. The van der Waals surface area contributed by atoms with E-state index in [1.807, 2.05) is 6.07 Å². The lowest BCUT2D eigenvalue weighted by Gasteiger charge is -2.14. The average Bonchev–Trinajstić information content (AvgIpc) is 3.17. The normalized spacial score (nSPS) is 22.8. The van der Waals surface area contributed by atoms with E-state index in [9.17, 15) is 0 Å². The van der Waals surface area contributed by atoms with Crippen LogP contribution in [0.25, 0.3) is 10.3 Å². The van der Waals surface area contributed by atoms with Crippen LogP contribution in [0.3, 0.4) is 0 Å². The molecule has 1 fully saturated rings. The second kappa shape index (κ2) is 4.45. The maximum absolute atomic E-state index is 5.10. The van der Waals surface area contributed by atoms with Gasteiger partial charge >= 0.3 is 0 Å². The minimum Gasteiger partial charge on any atom is -0.395 e. The quantitative estimate of drug-likeness (QED) is 0.843. The number of anilines is 1. The molecule has 98 valence electrons. The van der Waals surface area contributed by atoms with Gasteiger partial charge in [0.1, 0.15) is 6.61 Å². The Kier molecular flexibility index (Phi) is 2.61. The van der Waals surface area contributed by atoms with Crippen molar-refractivity contribution in [3.63, 3.8) is 0 Å². The number of aromatic nitrogens is 2. The van der Waals surface area contributed by atoms with Crippen molar-refractivity contribution in [2.45, 2.75) is 12.8 Å². The van der Waals surface area contributed by atoms with Gasteiger partial charge in [0.15, 0.2) is 10.8 Å². The van der Waals surface area contributed by atoms with Crippen LogP contribution in [-0.4, -0.2) is 35.4 Å². The highest BCUT2D eigenvalue weighted by molar-refractivity contribution is 7.22. The van der Waals surface area contributed by atoms with E-state index < -0.39 is 0 Å². The molecule has 0 N–H and O–H groups in total. The number of thiazole rings is 1. The molecular weight excluding hydrogens is 260 g/mol. The van der Waals surface area contributed by atoms with E-state index in [1.54, 1.807) is 17.5 Å². The Bertz CT molecular complexity index is 605. The minimum absolute atomic E-state index is 0.530. The molecule has 0 spiro atoms. The lowest BCUT2D eigenvalue weighted by molar-refractivity contribution is 0.173. The molecule has 6 heteroatoms. The van der Waals surface area contributed by atoms with Crippen LogP contribution in [-0.2, 0) is 4.84 Å². The number of hydrogen-bond acceptors (Lipinski definition) is 6. The highest BCUT2D eigenvalue weighted by atomic mass is 32.1. The third-order valence-corrected chi connectivity index (χ3v) is 4.79. The Labute approximate surface area is 114 Å². The maximum atomic E-state index is 5.10. The van der Waals surface area contributed by atoms with E-state index in [2.05, 4.69) is 26.1 Å². The van der Waals surface area contributed by atoms with E-state index in [-0.39, 0.29) is 0 Å². The SMILES string of the molecule is c1cnc2nc(N3CCC(C4=NOCC4)C3)sc2c1. The molecule has 4 rings (SSSR count). The summed E-state index contributed by atoms with van der Waals surface area (Å²) < 4.78 is 1.16. The van der Waals surface area contributed by atoms with Gasteiger partial charge in [-0.05, 0) is 18.6 Å². The van der Waals surface area contributed by atoms with Crippen molar-refractivity contribution in [1.82, 2.24) is 9.97 Å².